The van der Waals surface area contributed by atoms with Crippen LogP contribution in [0.1, 0.15) is 76.5 Å². The highest BCUT2D eigenvalue weighted by atomic mass is 28.5. The third kappa shape index (κ3) is 12.5. The molecule has 0 aliphatic heterocycles. The Morgan fingerprint density at radius 3 is 1.53 bits per heavy atom. The van der Waals surface area contributed by atoms with Gasteiger partial charge in [-0.15, -0.1) is 0 Å². The zero-order valence-electron chi connectivity index (χ0n) is 37.4. The van der Waals surface area contributed by atoms with E-state index in [9.17, 15) is 9.59 Å². The highest BCUT2D eigenvalue weighted by Gasteiger charge is 2.52. The standard InChI is InChI=1S/C49H70O6Si3/c1-13-39(2)36-49(43-26-19-15-20-27-43,44-28-21-16-22-29-44)38-47(3,45(50)52-5)37-48(4,42-32-30-41(31-33-42)40-24-17-14-18-25-40)46(51)53-34-23-35-58(12,54-56(6,7)8)55-57(9,10)11/h14-22,24-33,39H,13,23,34-38H2,1-12H3. The Labute approximate surface area is 353 Å². The molecule has 0 bridgehead atoms. The maximum Gasteiger partial charge on any atom is 0.316 e. The van der Waals surface area contributed by atoms with Gasteiger partial charge in [0.05, 0.1) is 24.5 Å². The molecule has 4 rings (SSSR count). The van der Waals surface area contributed by atoms with E-state index in [0.717, 1.165) is 46.7 Å². The van der Waals surface area contributed by atoms with Crippen molar-refractivity contribution in [2.45, 2.75) is 123 Å². The van der Waals surface area contributed by atoms with Crippen LogP contribution in [0.4, 0.5) is 0 Å². The fourth-order valence-corrected chi connectivity index (χ4v) is 21.4. The molecule has 0 heterocycles. The summed E-state index contributed by atoms with van der Waals surface area (Å²) in [5, 5.41) is 0. The molecule has 58 heavy (non-hydrogen) atoms. The van der Waals surface area contributed by atoms with Gasteiger partial charge in [-0.05, 0) is 125 Å². The van der Waals surface area contributed by atoms with Crippen molar-refractivity contribution in [2.75, 3.05) is 13.7 Å². The summed E-state index contributed by atoms with van der Waals surface area (Å²) >= 11 is 0. The molecular weight excluding hydrogens is 769 g/mol. The van der Waals surface area contributed by atoms with Crippen molar-refractivity contribution in [3.63, 3.8) is 0 Å². The lowest BCUT2D eigenvalue weighted by Gasteiger charge is -2.45. The third-order valence-electron chi connectivity index (χ3n) is 11.3. The van der Waals surface area contributed by atoms with Crippen molar-refractivity contribution in [1.82, 2.24) is 0 Å². The molecule has 4 aromatic carbocycles. The average Bonchev–Trinajstić information content (AvgIpc) is 3.18. The molecule has 0 fully saturated rings. The van der Waals surface area contributed by atoms with Crippen LogP contribution >= 0.6 is 0 Å². The molecule has 6 nitrogen and oxygen atoms in total. The zero-order valence-corrected chi connectivity index (χ0v) is 40.4. The molecule has 3 atom stereocenters. The highest BCUT2D eigenvalue weighted by Crippen LogP contribution is 2.52. The fraction of sp³-hybridized carbons (Fsp3) is 0.469. The quantitative estimate of drug-likeness (QED) is 0.0473. The van der Waals surface area contributed by atoms with Crippen LogP contribution in [0.5, 0.6) is 0 Å². The molecule has 0 saturated heterocycles. The monoisotopic (exact) mass is 838 g/mol. The van der Waals surface area contributed by atoms with Gasteiger partial charge in [0, 0.05) is 5.41 Å². The molecule has 9 heteroatoms. The van der Waals surface area contributed by atoms with Gasteiger partial charge in [-0.2, -0.15) is 0 Å². The molecule has 3 unspecified atom stereocenters. The van der Waals surface area contributed by atoms with Crippen LogP contribution in [0.3, 0.4) is 0 Å². The van der Waals surface area contributed by atoms with E-state index in [1.165, 1.54) is 7.11 Å². The van der Waals surface area contributed by atoms with Gasteiger partial charge in [-0.1, -0.05) is 136 Å². The second-order valence-electron chi connectivity index (χ2n) is 19.0. The van der Waals surface area contributed by atoms with Crippen molar-refractivity contribution >= 4 is 37.1 Å². The molecule has 0 saturated carbocycles. The van der Waals surface area contributed by atoms with E-state index in [4.69, 9.17) is 17.7 Å². The van der Waals surface area contributed by atoms with E-state index in [2.05, 4.69) is 132 Å². The Hall–Kier alpha value is -3.61. The number of hydrogen-bond acceptors (Lipinski definition) is 6. The predicted molar refractivity (Wildman–Crippen MR) is 247 cm³/mol. The first kappa shape index (κ1) is 47.1. The number of methoxy groups -OCH3 is 1. The Balaban J connectivity index is 1.80. The smallest absolute Gasteiger partial charge is 0.316 e. The second-order valence-corrected chi connectivity index (χ2v) is 31.9. The molecule has 0 spiro atoms. The molecule has 0 aliphatic rings. The summed E-state index contributed by atoms with van der Waals surface area (Å²) in [7, 11) is -4.87. The van der Waals surface area contributed by atoms with E-state index in [0.29, 0.717) is 18.8 Å². The predicted octanol–water partition coefficient (Wildman–Crippen LogP) is 12.7. The van der Waals surface area contributed by atoms with Gasteiger partial charge in [-0.3, -0.25) is 9.59 Å². The Kier molecular flexibility index (Phi) is 15.9. The van der Waals surface area contributed by atoms with Crippen LogP contribution in [-0.4, -0.2) is 50.9 Å². The lowest BCUT2D eigenvalue weighted by molar-refractivity contribution is -0.159. The SMILES string of the molecule is CCC(C)CC(CC(C)(CC(C)(C(=O)OCCC[Si](C)(O[Si](C)(C)C)O[Si](C)(C)C)c1ccc(-c2ccccc2)cc1)C(=O)OC)(c1ccccc1)c1ccccc1. The minimum atomic E-state index is -2.54. The van der Waals surface area contributed by atoms with Crippen LogP contribution < -0.4 is 0 Å². The molecule has 0 N–H and O–H groups in total. The molecule has 0 aromatic heterocycles. The third-order valence-corrected chi connectivity index (χ3v) is 20.9. The number of benzene rings is 4. The molecule has 0 radical (unpaired) electrons. The van der Waals surface area contributed by atoms with Crippen LogP contribution in [0.25, 0.3) is 11.1 Å². The summed E-state index contributed by atoms with van der Waals surface area (Å²) < 4.78 is 25.5. The van der Waals surface area contributed by atoms with Crippen molar-refractivity contribution in [3.8, 4) is 11.1 Å². The molecular formula is C49H70O6Si3. The first-order chi connectivity index (χ1) is 27.2. The highest BCUT2D eigenvalue weighted by molar-refractivity contribution is 6.87. The van der Waals surface area contributed by atoms with Gasteiger partial charge in [0.25, 0.3) is 0 Å². The van der Waals surface area contributed by atoms with E-state index in [1.54, 1.807) is 0 Å². The number of carbonyl (C=O) groups excluding carboxylic acids is 2. The van der Waals surface area contributed by atoms with Gasteiger partial charge in [-0.25, -0.2) is 0 Å². The Morgan fingerprint density at radius 1 is 0.621 bits per heavy atom. The Morgan fingerprint density at radius 2 is 1.09 bits per heavy atom. The van der Waals surface area contributed by atoms with Gasteiger partial charge in [0.15, 0.2) is 16.6 Å². The number of hydrogen-bond donors (Lipinski definition) is 0. The maximum atomic E-state index is 14.9. The lowest BCUT2D eigenvalue weighted by atomic mass is 9.57. The average molecular weight is 839 g/mol. The van der Waals surface area contributed by atoms with Gasteiger partial charge in [0.2, 0.25) is 0 Å². The van der Waals surface area contributed by atoms with Crippen molar-refractivity contribution < 1.29 is 27.3 Å². The lowest BCUT2D eigenvalue weighted by Crippen LogP contribution is -2.52. The largest absolute Gasteiger partial charge is 0.469 e. The van der Waals surface area contributed by atoms with E-state index in [-0.39, 0.29) is 25.0 Å². The Bertz CT molecular complexity index is 1830. The number of rotatable bonds is 21. The zero-order chi connectivity index (χ0) is 42.8. The second kappa shape index (κ2) is 19.6. The maximum absolute atomic E-state index is 14.9. The number of carbonyl (C=O) groups is 2. The summed E-state index contributed by atoms with van der Waals surface area (Å²) in [6, 6.07) is 40.2. The summed E-state index contributed by atoms with van der Waals surface area (Å²) in [5.41, 5.74) is 2.35. The van der Waals surface area contributed by atoms with E-state index < -0.39 is 41.4 Å². The van der Waals surface area contributed by atoms with Crippen LogP contribution in [-0.2, 0) is 38.1 Å². The molecule has 0 amide bonds. The minimum absolute atomic E-state index is 0.183. The van der Waals surface area contributed by atoms with Crippen molar-refractivity contribution in [2.24, 2.45) is 11.3 Å². The molecule has 0 aliphatic carbocycles. The summed E-state index contributed by atoms with van der Waals surface area (Å²) in [4.78, 5) is 29.4. The normalized spacial score (nSPS) is 15.2. The van der Waals surface area contributed by atoms with Crippen LogP contribution in [0.15, 0.2) is 115 Å². The van der Waals surface area contributed by atoms with Crippen LogP contribution in [0, 0.1) is 11.3 Å². The first-order valence-corrected chi connectivity index (χ1v) is 30.4. The number of esters is 2. The topological polar surface area (TPSA) is 71.1 Å². The number of ether oxygens (including phenoxy) is 2. The van der Waals surface area contributed by atoms with E-state index in [1.807, 2.05) is 56.3 Å². The fourth-order valence-electron chi connectivity index (χ4n) is 8.92. The summed E-state index contributed by atoms with van der Waals surface area (Å²) in [5.74, 6) is -0.350. The first-order valence-electron chi connectivity index (χ1n) is 21.1. The molecule has 4 aromatic rings. The van der Waals surface area contributed by atoms with E-state index >= 15 is 0 Å². The van der Waals surface area contributed by atoms with Crippen LogP contribution in [0.2, 0.25) is 51.9 Å². The van der Waals surface area contributed by atoms with Gasteiger partial charge >= 0.3 is 20.5 Å². The van der Waals surface area contributed by atoms with Crippen molar-refractivity contribution in [1.29, 1.82) is 0 Å². The molecule has 314 valence electrons. The van der Waals surface area contributed by atoms with Gasteiger partial charge in [0.1, 0.15) is 0 Å². The minimum Gasteiger partial charge on any atom is -0.469 e. The summed E-state index contributed by atoms with van der Waals surface area (Å²) in [6.07, 6.45) is 3.05. The summed E-state index contributed by atoms with van der Waals surface area (Å²) in [6.45, 7) is 24.0. The van der Waals surface area contributed by atoms with Gasteiger partial charge < -0.3 is 17.7 Å². The van der Waals surface area contributed by atoms with Crippen molar-refractivity contribution in [3.05, 3.63) is 132 Å².